The number of ether oxygens (including phenoxy) is 2. The van der Waals surface area contributed by atoms with Crippen molar-refractivity contribution in [3.8, 4) is 11.5 Å². The summed E-state index contributed by atoms with van der Waals surface area (Å²) in [7, 11) is 1.49. The van der Waals surface area contributed by atoms with Gasteiger partial charge in [-0.1, -0.05) is 12.1 Å². The van der Waals surface area contributed by atoms with Crippen molar-refractivity contribution in [3.05, 3.63) is 53.8 Å². The summed E-state index contributed by atoms with van der Waals surface area (Å²) in [5.74, 6) is -4.46. The van der Waals surface area contributed by atoms with Crippen molar-refractivity contribution in [2.75, 3.05) is 25.6 Å². The smallest absolute Gasteiger partial charge is 0.260 e. The van der Waals surface area contributed by atoms with E-state index in [0.717, 1.165) is 25.0 Å². The molecule has 0 spiro atoms. The monoisotopic (exact) mass is 422 g/mol. The topological polar surface area (TPSA) is 67.9 Å². The SMILES string of the molecule is COc1ccccc1OCC(=O)N(CCC(=O)Nc1ccc(F)c(F)c1F)C1CC1. The number of amides is 2. The van der Waals surface area contributed by atoms with E-state index in [9.17, 15) is 22.8 Å². The minimum atomic E-state index is -1.66. The van der Waals surface area contributed by atoms with Crippen LogP contribution in [0.5, 0.6) is 11.5 Å². The lowest BCUT2D eigenvalue weighted by Crippen LogP contribution is -2.38. The molecule has 9 heteroatoms. The van der Waals surface area contributed by atoms with Crippen LogP contribution >= 0.6 is 0 Å². The van der Waals surface area contributed by atoms with Crippen molar-refractivity contribution < 1.29 is 32.2 Å². The van der Waals surface area contributed by atoms with E-state index in [2.05, 4.69) is 5.32 Å². The van der Waals surface area contributed by atoms with E-state index in [-0.39, 0.29) is 31.5 Å². The molecule has 1 N–H and O–H groups in total. The zero-order valence-electron chi connectivity index (χ0n) is 16.3. The maximum absolute atomic E-state index is 13.7. The maximum Gasteiger partial charge on any atom is 0.260 e. The van der Waals surface area contributed by atoms with Crippen LogP contribution in [0.3, 0.4) is 0 Å². The predicted molar refractivity (Wildman–Crippen MR) is 103 cm³/mol. The Morgan fingerprint density at radius 2 is 1.77 bits per heavy atom. The Morgan fingerprint density at radius 1 is 1.07 bits per heavy atom. The summed E-state index contributed by atoms with van der Waals surface area (Å²) in [5, 5.41) is 2.20. The van der Waals surface area contributed by atoms with Gasteiger partial charge in [0.05, 0.1) is 12.8 Å². The molecule has 0 heterocycles. The molecule has 0 radical (unpaired) electrons. The number of nitrogens with zero attached hydrogens (tertiary/aromatic N) is 1. The second-order valence-electron chi connectivity index (χ2n) is 6.78. The number of hydrogen-bond donors (Lipinski definition) is 1. The Balaban J connectivity index is 1.55. The molecule has 0 atom stereocenters. The number of nitrogens with one attached hydrogen (secondary N) is 1. The van der Waals surface area contributed by atoms with Gasteiger partial charge in [-0.25, -0.2) is 13.2 Å². The summed E-state index contributed by atoms with van der Waals surface area (Å²) in [6, 6.07) is 8.60. The van der Waals surface area contributed by atoms with Gasteiger partial charge in [0, 0.05) is 19.0 Å². The highest BCUT2D eigenvalue weighted by atomic mass is 19.2. The number of benzene rings is 2. The van der Waals surface area contributed by atoms with Gasteiger partial charge < -0.3 is 19.7 Å². The number of hydrogen-bond acceptors (Lipinski definition) is 4. The largest absolute Gasteiger partial charge is 0.493 e. The van der Waals surface area contributed by atoms with Crippen molar-refractivity contribution in [1.29, 1.82) is 0 Å². The molecule has 1 aliphatic rings. The number of methoxy groups -OCH3 is 1. The van der Waals surface area contributed by atoms with Gasteiger partial charge in [0.15, 0.2) is 35.6 Å². The fourth-order valence-corrected chi connectivity index (χ4v) is 2.91. The number of para-hydroxylation sites is 2. The van der Waals surface area contributed by atoms with E-state index < -0.39 is 29.0 Å². The van der Waals surface area contributed by atoms with E-state index in [4.69, 9.17) is 9.47 Å². The summed E-state index contributed by atoms with van der Waals surface area (Å²) in [6.45, 7) is -0.133. The van der Waals surface area contributed by atoms with Crippen molar-refractivity contribution >= 4 is 17.5 Å². The zero-order chi connectivity index (χ0) is 21.7. The fourth-order valence-electron chi connectivity index (χ4n) is 2.91. The van der Waals surface area contributed by atoms with Crippen LogP contribution in [-0.2, 0) is 9.59 Å². The summed E-state index contributed by atoms with van der Waals surface area (Å²) in [4.78, 5) is 26.2. The Labute approximate surface area is 171 Å². The predicted octanol–water partition coefficient (Wildman–Crippen LogP) is 3.51. The first-order valence-corrected chi connectivity index (χ1v) is 9.39. The number of carbonyl (C=O) groups is 2. The molecule has 1 saturated carbocycles. The molecule has 2 aromatic rings. The molecule has 1 aliphatic carbocycles. The zero-order valence-corrected chi connectivity index (χ0v) is 16.3. The third-order valence-corrected chi connectivity index (χ3v) is 4.62. The molecule has 0 saturated heterocycles. The van der Waals surface area contributed by atoms with Crippen LogP contribution in [0.15, 0.2) is 36.4 Å². The van der Waals surface area contributed by atoms with Crippen molar-refractivity contribution in [1.82, 2.24) is 4.90 Å². The quantitative estimate of drug-likeness (QED) is 0.628. The molecule has 30 heavy (non-hydrogen) atoms. The highest BCUT2D eigenvalue weighted by Crippen LogP contribution is 2.29. The molecule has 1 fully saturated rings. The van der Waals surface area contributed by atoms with Crippen LogP contribution in [0.1, 0.15) is 19.3 Å². The highest BCUT2D eigenvalue weighted by Gasteiger charge is 2.33. The molecular weight excluding hydrogens is 401 g/mol. The van der Waals surface area contributed by atoms with Gasteiger partial charge in [-0.2, -0.15) is 0 Å². The standard InChI is InChI=1S/C21H21F3N2O4/c1-29-16-4-2-3-5-17(16)30-12-19(28)26(13-6-7-13)11-10-18(27)25-15-9-8-14(22)20(23)21(15)24/h2-5,8-9,13H,6-7,10-12H2,1H3,(H,25,27). The molecule has 3 rings (SSSR count). The molecule has 0 unspecified atom stereocenters. The number of anilines is 1. The van der Waals surface area contributed by atoms with E-state index in [1.807, 2.05) is 0 Å². The number of carbonyl (C=O) groups excluding carboxylic acids is 2. The molecule has 0 aromatic heterocycles. The summed E-state index contributed by atoms with van der Waals surface area (Å²) in [5.41, 5.74) is -0.456. The second kappa shape index (κ2) is 9.51. The third-order valence-electron chi connectivity index (χ3n) is 4.62. The van der Waals surface area contributed by atoms with Gasteiger partial charge in [-0.05, 0) is 37.1 Å². The number of halogens is 3. The van der Waals surface area contributed by atoms with E-state index in [1.165, 1.54) is 12.0 Å². The average molecular weight is 422 g/mol. The van der Waals surface area contributed by atoms with Crippen LogP contribution in [0, 0.1) is 17.5 Å². The normalized spacial score (nSPS) is 12.9. The van der Waals surface area contributed by atoms with E-state index in [0.29, 0.717) is 11.5 Å². The van der Waals surface area contributed by atoms with Gasteiger partial charge in [0.2, 0.25) is 5.91 Å². The minimum absolute atomic E-state index is 0.0200. The Kier molecular flexibility index (Phi) is 6.81. The molecule has 0 aliphatic heterocycles. The summed E-state index contributed by atoms with van der Waals surface area (Å²) >= 11 is 0. The lowest BCUT2D eigenvalue weighted by molar-refractivity contribution is -0.134. The summed E-state index contributed by atoms with van der Waals surface area (Å²) < 4.78 is 50.7. The minimum Gasteiger partial charge on any atom is -0.493 e. The summed E-state index contributed by atoms with van der Waals surface area (Å²) in [6.07, 6.45) is 1.51. The van der Waals surface area contributed by atoms with Gasteiger partial charge in [-0.3, -0.25) is 9.59 Å². The second-order valence-corrected chi connectivity index (χ2v) is 6.78. The molecule has 160 valence electrons. The van der Waals surface area contributed by atoms with Crippen LogP contribution in [-0.4, -0.2) is 43.0 Å². The average Bonchev–Trinajstić information content (AvgIpc) is 3.58. The van der Waals surface area contributed by atoms with Gasteiger partial charge in [0.25, 0.3) is 5.91 Å². The van der Waals surface area contributed by atoms with E-state index in [1.54, 1.807) is 24.3 Å². The first kappa shape index (κ1) is 21.5. The molecule has 6 nitrogen and oxygen atoms in total. The Bertz CT molecular complexity index is 934. The van der Waals surface area contributed by atoms with Gasteiger partial charge in [-0.15, -0.1) is 0 Å². The van der Waals surface area contributed by atoms with Crippen molar-refractivity contribution in [2.45, 2.75) is 25.3 Å². The first-order valence-electron chi connectivity index (χ1n) is 9.39. The molecule has 2 aromatic carbocycles. The Hall–Kier alpha value is -3.23. The van der Waals surface area contributed by atoms with Crippen molar-refractivity contribution in [2.24, 2.45) is 0 Å². The number of rotatable bonds is 9. The highest BCUT2D eigenvalue weighted by molar-refractivity contribution is 5.91. The van der Waals surface area contributed by atoms with E-state index >= 15 is 0 Å². The van der Waals surface area contributed by atoms with Crippen LogP contribution in [0.4, 0.5) is 18.9 Å². The lowest BCUT2D eigenvalue weighted by atomic mass is 10.2. The molecular formula is C21H21F3N2O4. The van der Waals surface area contributed by atoms with Crippen LogP contribution < -0.4 is 14.8 Å². The lowest BCUT2D eigenvalue weighted by Gasteiger charge is -2.22. The van der Waals surface area contributed by atoms with Crippen LogP contribution in [0.25, 0.3) is 0 Å². The molecule has 0 bridgehead atoms. The van der Waals surface area contributed by atoms with Gasteiger partial charge >= 0.3 is 0 Å². The molecule has 2 amide bonds. The van der Waals surface area contributed by atoms with Crippen LogP contribution in [0.2, 0.25) is 0 Å². The van der Waals surface area contributed by atoms with Gasteiger partial charge in [0.1, 0.15) is 0 Å². The fraction of sp³-hybridized carbons (Fsp3) is 0.333. The Morgan fingerprint density at radius 3 is 2.43 bits per heavy atom. The third kappa shape index (κ3) is 5.22. The van der Waals surface area contributed by atoms with Crippen molar-refractivity contribution in [3.63, 3.8) is 0 Å². The first-order chi connectivity index (χ1) is 14.4. The maximum atomic E-state index is 13.7.